The van der Waals surface area contributed by atoms with Crippen LogP contribution in [0.4, 0.5) is 0 Å². The van der Waals surface area contributed by atoms with Crippen molar-refractivity contribution in [3.8, 4) is 0 Å². The van der Waals surface area contributed by atoms with E-state index < -0.39 is 0 Å². The number of ether oxygens (including phenoxy) is 2. The SMILES string of the molecule is NNC(c1cc(Br)c(Br)s1)C1CCOC2(CCOC2)C1. The number of hydrazine groups is 1. The van der Waals surface area contributed by atoms with Crippen LogP contribution in [-0.4, -0.2) is 25.4 Å². The van der Waals surface area contributed by atoms with Crippen LogP contribution in [0.2, 0.25) is 0 Å². The monoisotopic (exact) mass is 424 g/mol. The molecule has 7 heteroatoms. The highest BCUT2D eigenvalue weighted by atomic mass is 79.9. The maximum Gasteiger partial charge on any atom is 0.0940 e. The van der Waals surface area contributed by atoms with Gasteiger partial charge in [-0.15, -0.1) is 11.3 Å². The van der Waals surface area contributed by atoms with Crippen molar-refractivity contribution in [2.24, 2.45) is 11.8 Å². The Bertz CT molecular complexity index is 457. The molecule has 0 radical (unpaired) electrons. The van der Waals surface area contributed by atoms with Crippen molar-refractivity contribution in [3.05, 3.63) is 19.2 Å². The largest absolute Gasteiger partial charge is 0.378 e. The minimum Gasteiger partial charge on any atom is -0.378 e. The first-order valence-corrected chi connectivity index (χ1v) is 9.16. The van der Waals surface area contributed by atoms with Gasteiger partial charge in [-0.3, -0.25) is 11.3 Å². The Labute approximate surface area is 139 Å². The number of hydrogen-bond acceptors (Lipinski definition) is 5. The van der Waals surface area contributed by atoms with E-state index in [0.29, 0.717) is 5.92 Å². The average molecular weight is 426 g/mol. The summed E-state index contributed by atoms with van der Waals surface area (Å²) < 4.78 is 13.7. The molecule has 3 unspecified atom stereocenters. The Morgan fingerprint density at radius 1 is 1.45 bits per heavy atom. The molecule has 1 aromatic heterocycles. The fourth-order valence-electron chi connectivity index (χ4n) is 3.18. The van der Waals surface area contributed by atoms with Gasteiger partial charge in [-0.05, 0) is 56.7 Å². The van der Waals surface area contributed by atoms with Crippen molar-refractivity contribution in [1.29, 1.82) is 0 Å². The highest BCUT2D eigenvalue weighted by molar-refractivity contribution is 9.13. The van der Waals surface area contributed by atoms with Gasteiger partial charge in [0, 0.05) is 29.0 Å². The fourth-order valence-corrected chi connectivity index (χ4v) is 5.42. The van der Waals surface area contributed by atoms with E-state index in [0.717, 1.165) is 47.3 Å². The third kappa shape index (κ3) is 2.99. The van der Waals surface area contributed by atoms with Crippen LogP contribution in [0.3, 0.4) is 0 Å². The Hall–Kier alpha value is 0.500. The molecule has 112 valence electrons. The summed E-state index contributed by atoms with van der Waals surface area (Å²) in [7, 11) is 0. The quantitative estimate of drug-likeness (QED) is 0.575. The van der Waals surface area contributed by atoms with Crippen molar-refractivity contribution in [1.82, 2.24) is 5.43 Å². The van der Waals surface area contributed by atoms with Crippen LogP contribution in [0.15, 0.2) is 14.3 Å². The Morgan fingerprint density at radius 2 is 2.30 bits per heavy atom. The number of thiophene rings is 1. The summed E-state index contributed by atoms with van der Waals surface area (Å²) in [5.41, 5.74) is 2.93. The smallest absolute Gasteiger partial charge is 0.0940 e. The predicted octanol–water partition coefficient (Wildman–Crippen LogP) is 3.36. The van der Waals surface area contributed by atoms with Crippen LogP contribution in [0.5, 0.6) is 0 Å². The lowest BCUT2D eigenvalue weighted by molar-refractivity contribution is -0.103. The van der Waals surface area contributed by atoms with E-state index in [1.54, 1.807) is 11.3 Å². The minimum absolute atomic E-state index is 0.0796. The second-order valence-electron chi connectivity index (χ2n) is 5.50. The van der Waals surface area contributed by atoms with Gasteiger partial charge >= 0.3 is 0 Å². The molecule has 2 aliphatic rings. The molecule has 2 fully saturated rings. The van der Waals surface area contributed by atoms with Gasteiger partial charge in [0.25, 0.3) is 0 Å². The summed E-state index contributed by atoms with van der Waals surface area (Å²) in [4.78, 5) is 1.26. The van der Waals surface area contributed by atoms with Gasteiger partial charge in [-0.1, -0.05) is 0 Å². The number of nitrogens with two attached hydrogens (primary N) is 1. The molecule has 3 N–H and O–H groups in total. The molecule has 0 aliphatic carbocycles. The molecular formula is C13H18Br2N2O2S. The third-order valence-corrected chi connectivity index (χ3v) is 7.56. The van der Waals surface area contributed by atoms with E-state index in [4.69, 9.17) is 15.3 Å². The van der Waals surface area contributed by atoms with E-state index in [-0.39, 0.29) is 11.6 Å². The number of rotatable bonds is 3. The van der Waals surface area contributed by atoms with Gasteiger partial charge in [0.05, 0.1) is 22.0 Å². The molecule has 3 atom stereocenters. The summed E-state index contributed by atoms with van der Waals surface area (Å²) >= 11 is 8.83. The third-order valence-electron chi connectivity index (χ3n) is 4.22. The molecule has 2 saturated heterocycles. The van der Waals surface area contributed by atoms with Gasteiger partial charge in [-0.2, -0.15) is 0 Å². The molecule has 3 rings (SSSR count). The van der Waals surface area contributed by atoms with Crippen LogP contribution in [-0.2, 0) is 9.47 Å². The van der Waals surface area contributed by atoms with Crippen molar-refractivity contribution in [2.75, 3.05) is 19.8 Å². The lowest BCUT2D eigenvalue weighted by Crippen LogP contribution is -2.45. The topological polar surface area (TPSA) is 56.5 Å². The Kier molecular flexibility index (Phi) is 4.86. The molecule has 1 aromatic rings. The van der Waals surface area contributed by atoms with Gasteiger partial charge in [-0.25, -0.2) is 0 Å². The molecule has 0 aromatic carbocycles. The van der Waals surface area contributed by atoms with Crippen LogP contribution in [0, 0.1) is 5.92 Å². The molecule has 3 heterocycles. The average Bonchev–Trinajstić information content (AvgIpc) is 2.99. The van der Waals surface area contributed by atoms with Crippen molar-refractivity contribution < 1.29 is 9.47 Å². The number of halogens is 2. The molecule has 20 heavy (non-hydrogen) atoms. The van der Waals surface area contributed by atoms with Gasteiger partial charge in [0.1, 0.15) is 0 Å². The second-order valence-corrected chi connectivity index (χ2v) is 8.76. The summed E-state index contributed by atoms with van der Waals surface area (Å²) in [5.74, 6) is 6.32. The normalized spacial score (nSPS) is 31.9. The predicted molar refractivity (Wildman–Crippen MR) is 86.6 cm³/mol. The second kappa shape index (κ2) is 6.32. The van der Waals surface area contributed by atoms with E-state index in [9.17, 15) is 0 Å². The van der Waals surface area contributed by atoms with Crippen LogP contribution >= 0.6 is 43.2 Å². The molecule has 1 spiro atoms. The summed E-state index contributed by atoms with van der Waals surface area (Å²) in [6, 6.07) is 2.32. The zero-order valence-corrected chi connectivity index (χ0v) is 15.0. The molecule has 0 bridgehead atoms. The molecular weight excluding hydrogens is 408 g/mol. The highest BCUT2D eigenvalue weighted by Gasteiger charge is 2.43. The standard InChI is InChI=1S/C13H18Br2N2O2S/c14-9-5-10(20-12(9)15)11(17-16)8-1-3-19-13(6-8)2-4-18-7-13/h5,8,11,17H,1-4,6-7,16H2. The molecule has 0 saturated carbocycles. The zero-order valence-electron chi connectivity index (χ0n) is 11.0. The van der Waals surface area contributed by atoms with Crippen LogP contribution < -0.4 is 11.3 Å². The highest BCUT2D eigenvalue weighted by Crippen LogP contribution is 2.44. The summed E-state index contributed by atoms with van der Waals surface area (Å²) in [6.45, 7) is 2.32. The minimum atomic E-state index is -0.0796. The van der Waals surface area contributed by atoms with E-state index >= 15 is 0 Å². The van der Waals surface area contributed by atoms with Crippen molar-refractivity contribution in [3.63, 3.8) is 0 Å². The Morgan fingerprint density at radius 3 is 2.90 bits per heavy atom. The first-order chi connectivity index (χ1) is 9.63. The number of nitrogens with one attached hydrogen (secondary N) is 1. The van der Waals surface area contributed by atoms with Crippen molar-refractivity contribution in [2.45, 2.75) is 30.9 Å². The van der Waals surface area contributed by atoms with Crippen molar-refractivity contribution >= 4 is 43.2 Å². The first-order valence-electron chi connectivity index (χ1n) is 6.76. The number of hydrogen-bond donors (Lipinski definition) is 2. The fraction of sp³-hybridized carbons (Fsp3) is 0.692. The van der Waals surface area contributed by atoms with Crippen LogP contribution in [0.1, 0.15) is 30.2 Å². The van der Waals surface area contributed by atoms with Gasteiger partial charge in [0.15, 0.2) is 0 Å². The van der Waals surface area contributed by atoms with E-state index in [2.05, 4.69) is 43.4 Å². The van der Waals surface area contributed by atoms with Gasteiger partial charge < -0.3 is 9.47 Å². The lowest BCUT2D eigenvalue weighted by Gasteiger charge is -2.40. The zero-order chi connectivity index (χ0) is 14.2. The van der Waals surface area contributed by atoms with E-state index in [1.165, 1.54) is 4.88 Å². The molecule has 2 aliphatic heterocycles. The van der Waals surface area contributed by atoms with E-state index in [1.807, 2.05) is 0 Å². The maximum absolute atomic E-state index is 6.01. The van der Waals surface area contributed by atoms with Crippen LogP contribution in [0.25, 0.3) is 0 Å². The first kappa shape index (κ1) is 15.4. The summed E-state index contributed by atoms with van der Waals surface area (Å²) in [6.07, 6.45) is 3.04. The Balaban J connectivity index is 1.78. The van der Waals surface area contributed by atoms with Gasteiger partial charge in [0.2, 0.25) is 0 Å². The lowest BCUT2D eigenvalue weighted by atomic mass is 9.81. The maximum atomic E-state index is 6.01. The summed E-state index contributed by atoms with van der Waals surface area (Å²) in [5, 5.41) is 0. The molecule has 4 nitrogen and oxygen atoms in total. The molecule has 0 amide bonds.